The first-order chi connectivity index (χ1) is 14.5. The van der Waals surface area contributed by atoms with Crippen LogP contribution in [0.4, 0.5) is 5.82 Å². The number of carbonyl (C=O) groups excluding carboxylic acids is 1. The Morgan fingerprint density at radius 3 is 2.70 bits per heavy atom. The SMILES string of the molecule is CSc1nc(NC(C)C)c2cnn(CCNC(=O)c3cnc4ccccc4n3)c2n1. The molecule has 0 atom stereocenters. The van der Waals surface area contributed by atoms with Crippen molar-refractivity contribution in [2.24, 2.45) is 0 Å². The summed E-state index contributed by atoms with van der Waals surface area (Å²) in [4.78, 5) is 30.3. The number of carbonyl (C=O) groups is 1. The minimum Gasteiger partial charge on any atom is -0.367 e. The maximum atomic E-state index is 12.5. The highest BCUT2D eigenvalue weighted by Crippen LogP contribution is 2.23. The molecule has 0 bridgehead atoms. The molecule has 1 aromatic carbocycles. The molecule has 0 saturated heterocycles. The molecule has 0 aliphatic rings. The highest BCUT2D eigenvalue weighted by molar-refractivity contribution is 7.98. The van der Waals surface area contributed by atoms with Gasteiger partial charge in [-0.1, -0.05) is 23.9 Å². The number of rotatable bonds is 7. The fraction of sp³-hybridized carbons (Fsp3) is 0.300. The first-order valence-corrected chi connectivity index (χ1v) is 10.8. The molecule has 1 amide bonds. The minimum absolute atomic E-state index is 0.239. The average Bonchev–Trinajstić information content (AvgIpc) is 3.16. The maximum absolute atomic E-state index is 12.5. The van der Waals surface area contributed by atoms with Crippen LogP contribution in [0.3, 0.4) is 0 Å². The van der Waals surface area contributed by atoms with Gasteiger partial charge >= 0.3 is 0 Å². The third-order valence-electron chi connectivity index (χ3n) is 4.37. The molecule has 30 heavy (non-hydrogen) atoms. The standard InChI is InChI=1S/C20H22N8OS/c1-12(2)24-17-13-10-23-28(18(13)27-20(26-17)30-3)9-8-21-19(29)16-11-22-14-6-4-5-7-15(14)25-16/h4-7,10-12H,8-9H2,1-3H3,(H,21,29)(H,24,26,27). The van der Waals surface area contributed by atoms with Crippen LogP contribution in [0.25, 0.3) is 22.1 Å². The number of nitrogens with one attached hydrogen (secondary N) is 2. The van der Waals surface area contributed by atoms with E-state index in [1.165, 1.54) is 18.0 Å². The van der Waals surface area contributed by atoms with Crippen LogP contribution < -0.4 is 10.6 Å². The first kappa shape index (κ1) is 20.0. The lowest BCUT2D eigenvalue weighted by Crippen LogP contribution is -2.28. The van der Waals surface area contributed by atoms with Crippen LogP contribution in [-0.4, -0.2) is 54.5 Å². The molecule has 0 saturated carbocycles. The summed E-state index contributed by atoms with van der Waals surface area (Å²) >= 11 is 1.48. The third kappa shape index (κ3) is 4.18. The molecule has 4 aromatic rings. The second-order valence-corrected chi connectivity index (χ2v) is 7.74. The van der Waals surface area contributed by atoms with E-state index in [9.17, 15) is 4.79 Å². The lowest BCUT2D eigenvalue weighted by atomic mass is 10.3. The summed E-state index contributed by atoms with van der Waals surface area (Å²) in [7, 11) is 0. The number of fused-ring (bicyclic) bond motifs is 2. The van der Waals surface area contributed by atoms with Crippen molar-refractivity contribution in [3.05, 3.63) is 42.4 Å². The molecule has 0 radical (unpaired) electrons. The number of para-hydroxylation sites is 2. The fourth-order valence-corrected chi connectivity index (χ4v) is 3.37. The van der Waals surface area contributed by atoms with Crippen LogP contribution >= 0.6 is 11.8 Å². The normalized spacial score (nSPS) is 11.3. The Morgan fingerprint density at radius 2 is 1.93 bits per heavy atom. The molecule has 0 aliphatic heterocycles. The Kier molecular flexibility index (Phi) is 5.75. The molecule has 0 fully saturated rings. The van der Waals surface area contributed by atoms with Crippen molar-refractivity contribution >= 4 is 45.6 Å². The van der Waals surface area contributed by atoms with E-state index in [-0.39, 0.29) is 17.6 Å². The number of aromatic nitrogens is 6. The fourth-order valence-electron chi connectivity index (χ4n) is 3.01. The zero-order valence-corrected chi connectivity index (χ0v) is 17.8. The summed E-state index contributed by atoms with van der Waals surface area (Å²) < 4.78 is 1.77. The van der Waals surface area contributed by atoms with E-state index in [4.69, 9.17) is 0 Å². The van der Waals surface area contributed by atoms with Crippen molar-refractivity contribution in [3.63, 3.8) is 0 Å². The number of amides is 1. The second kappa shape index (κ2) is 8.62. The molecule has 0 unspecified atom stereocenters. The Hall–Kier alpha value is -3.27. The molecule has 4 rings (SSSR count). The number of thioether (sulfide) groups is 1. The molecule has 0 spiro atoms. The molecule has 9 nitrogen and oxygen atoms in total. The van der Waals surface area contributed by atoms with Crippen molar-refractivity contribution in [1.29, 1.82) is 0 Å². The highest BCUT2D eigenvalue weighted by Gasteiger charge is 2.14. The number of hydrogen-bond acceptors (Lipinski definition) is 8. The van der Waals surface area contributed by atoms with Gasteiger partial charge in [0.15, 0.2) is 10.8 Å². The van der Waals surface area contributed by atoms with Crippen molar-refractivity contribution in [1.82, 2.24) is 35.0 Å². The Morgan fingerprint density at radius 1 is 1.13 bits per heavy atom. The smallest absolute Gasteiger partial charge is 0.271 e. The average molecular weight is 423 g/mol. The zero-order valence-electron chi connectivity index (χ0n) is 17.0. The molecule has 3 aromatic heterocycles. The van der Waals surface area contributed by atoms with Gasteiger partial charge in [0.2, 0.25) is 0 Å². The molecule has 0 aliphatic carbocycles. The molecule has 154 valence electrons. The van der Waals surface area contributed by atoms with Gasteiger partial charge in [0.05, 0.1) is 35.4 Å². The van der Waals surface area contributed by atoms with Crippen molar-refractivity contribution in [2.75, 3.05) is 18.1 Å². The predicted molar refractivity (Wildman–Crippen MR) is 118 cm³/mol. The number of hydrogen-bond donors (Lipinski definition) is 2. The number of anilines is 1. The van der Waals surface area contributed by atoms with Gasteiger partial charge < -0.3 is 10.6 Å². The summed E-state index contributed by atoms with van der Waals surface area (Å²) in [5.41, 5.74) is 2.47. The summed E-state index contributed by atoms with van der Waals surface area (Å²) in [6, 6.07) is 7.69. The van der Waals surface area contributed by atoms with Crippen LogP contribution in [0.15, 0.2) is 41.8 Å². The van der Waals surface area contributed by atoms with E-state index in [1.54, 1.807) is 10.9 Å². The van der Waals surface area contributed by atoms with E-state index >= 15 is 0 Å². The second-order valence-electron chi connectivity index (χ2n) is 6.96. The lowest BCUT2D eigenvalue weighted by molar-refractivity contribution is 0.0947. The van der Waals surface area contributed by atoms with Gasteiger partial charge in [-0.05, 0) is 32.2 Å². The molecule has 2 N–H and O–H groups in total. The van der Waals surface area contributed by atoms with Gasteiger partial charge in [-0.2, -0.15) is 5.10 Å². The third-order valence-corrected chi connectivity index (χ3v) is 4.92. The molecule has 3 heterocycles. The minimum atomic E-state index is -0.272. The highest BCUT2D eigenvalue weighted by atomic mass is 32.2. The summed E-state index contributed by atoms with van der Waals surface area (Å²) in [5, 5.41) is 12.2. The zero-order chi connectivity index (χ0) is 21.1. The summed E-state index contributed by atoms with van der Waals surface area (Å²) in [6.07, 6.45) is 5.18. The Balaban J connectivity index is 1.48. The first-order valence-electron chi connectivity index (χ1n) is 9.59. The molecule has 10 heteroatoms. The summed E-state index contributed by atoms with van der Waals surface area (Å²) in [5.74, 6) is 0.493. The van der Waals surface area contributed by atoms with Crippen LogP contribution in [0, 0.1) is 0 Å². The van der Waals surface area contributed by atoms with E-state index < -0.39 is 0 Å². The number of nitrogens with zero attached hydrogens (tertiary/aromatic N) is 6. The van der Waals surface area contributed by atoms with Crippen molar-refractivity contribution < 1.29 is 4.79 Å². The molecular weight excluding hydrogens is 400 g/mol. The van der Waals surface area contributed by atoms with Crippen molar-refractivity contribution in [3.8, 4) is 0 Å². The Labute approximate surface area is 177 Å². The predicted octanol–water partition coefficient (Wildman–Crippen LogP) is 2.74. The van der Waals surface area contributed by atoms with E-state index in [0.29, 0.717) is 23.8 Å². The van der Waals surface area contributed by atoms with Crippen LogP contribution in [-0.2, 0) is 6.54 Å². The quantitative estimate of drug-likeness (QED) is 0.345. The van der Waals surface area contributed by atoms with E-state index in [0.717, 1.165) is 22.4 Å². The topological polar surface area (TPSA) is 111 Å². The summed E-state index contributed by atoms with van der Waals surface area (Å²) in [6.45, 7) is 4.97. The van der Waals surface area contributed by atoms with Gasteiger partial charge in [0, 0.05) is 12.6 Å². The van der Waals surface area contributed by atoms with Gasteiger partial charge in [0.25, 0.3) is 5.91 Å². The van der Waals surface area contributed by atoms with Gasteiger partial charge in [0.1, 0.15) is 11.5 Å². The Bertz CT molecular complexity index is 1210. The lowest BCUT2D eigenvalue weighted by Gasteiger charge is -2.11. The van der Waals surface area contributed by atoms with E-state index in [2.05, 4.69) is 49.5 Å². The van der Waals surface area contributed by atoms with Gasteiger partial charge in [-0.3, -0.25) is 9.78 Å². The monoisotopic (exact) mass is 422 g/mol. The van der Waals surface area contributed by atoms with E-state index in [1.807, 2.05) is 30.5 Å². The van der Waals surface area contributed by atoms with Gasteiger partial charge in [-0.15, -0.1) is 0 Å². The van der Waals surface area contributed by atoms with Crippen LogP contribution in [0.2, 0.25) is 0 Å². The van der Waals surface area contributed by atoms with Crippen LogP contribution in [0.5, 0.6) is 0 Å². The maximum Gasteiger partial charge on any atom is 0.271 e. The largest absolute Gasteiger partial charge is 0.367 e. The van der Waals surface area contributed by atoms with Crippen LogP contribution in [0.1, 0.15) is 24.3 Å². The number of benzene rings is 1. The van der Waals surface area contributed by atoms with Gasteiger partial charge in [-0.25, -0.2) is 19.6 Å². The van der Waals surface area contributed by atoms with Crippen molar-refractivity contribution in [2.45, 2.75) is 31.6 Å². The molecular formula is C20H22N8OS.